The number of nitrogens with zero attached hydrogens (tertiary/aromatic N) is 2. The molecule has 0 saturated heterocycles. The summed E-state index contributed by atoms with van der Waals surface area (Å²) in [6, 6.07) is 4.34. The van der Waals surface area contributed by atoms with E-state index in [2.05, 4.69) is 42.5 Å². The first-order valence-electron chi connectivity index (χ1n) is 5.67. The molecule has 1 atom stereocenters. The van der Waals surface area contributed by atoms with Gasteiger partial charge in [-0.25, -0.2) is 0 Å². The Morgan fingerprint density at radius 2 is 1.88 bits per heavy atom. The lowest BCUT2D eigenvalue weighted by atomic mass is 9.94. The van der Waals surface area contributed by atoms with Crippen LogP contribution in [0.2, 0.25) is 0 Å². The number of hydrogen-bond acceptors (Lipinski definition) is 4. The number of nitrogens with two attached hydrogens (primary N) is 1. The van der Waals surface area contributed by atoms with Crippen LogP contribution in [0.1, 0.15) is 34.0 Å². The van der Waals surface area contributed by atoms with Gasteiger partial charge in [0.05, 0.1) is 11.7 Å². The van der Waals surface area contributed by atoms with Crippen LogP contribution in [-0.4, -0.2) is 9.59 Å². The van der Waals surface area contributed by atoms with Crippen LogP contribution in [0.5, 0.6) is 0 Å². The summed E-state index contributed by atoms with van der Waals surface area (Å²) < 4.78 is 3.86. The average molecular weight is 247 g/mol. The van der Waals surface area contributed by atoms with Gasteiger partial charge in [0.15, 0.2) is 0 Å². The highest BCUT2D eigenvalue weighted by Crippen LogP contribution is 2.22. The van der Waals surface area contributed by atoms with E-state index in [1.165, 1.54) is 33.8 Å². The van der Waals surface area contributed by atoms with E-state index in [0.717, 1.165) is 12.1 Å². The molecule has 4 heteroatoms. The van der Waals surface area contributed by atoms with Crippen LogP contribution in [0.25, 0.3) is 0 Å². The zero-order chi connectivity index (χ0) is 12.4. The summed E-state index contributed by atoms with van der Waals surface area (Å²) in [6.07, 6.45) is 0.823. The third-order valence-electron chi connectivity index (χ3n) is 3.02. The minimum Gasteiger partial charge on any atom is -0.322 e. The van der Waals surface area contributed by atoms with E-state index >= 15 is 0 Å². The van der Waals surface area contributed by atoms with Crippen LogP contribution in [-0.2, 0) is 6.42 Å². The Bertz CT molecular complexity index is 482. The summed E-state index contributed by atoms with van der Waals surface area (Å²) in [5.74, 6) is 0. The molecule has 2 aromatic rings. The van der Waals surface area contributed by atoms with Crippen LogP contribution in [0.15, 0.2) is 17.5 Å². The highest BCUT2D eigenvalue weighted by molar-refractivity contribution is 7.03. The second-order valence-corrected chi connectivity index (χ2v) is 5.13. The summed E-state index contributed by atoms with van der Waals surface area (Å²) in [7, 11) is 0. The van der Waals surface area contributed by atoms with Gasteiger partial charge in [0, 0.05) is 5.38 Å². The summed E-state index contributed by atoms with van der Waals surface area (Å²) in [6.45, 7) is 6.40. The standard InChI is InChI=1S/C13H17N3S/c1-8-4-9(2)11(10(3)5-8)6-12(14)13-7-17-16-15-13/h4-5,7,12H,6,14H2,1-3H3. The first-order chi connectivity index (χ1) is 8.08. The molecule has 0 aliphatic carbocycles. The zero-order valence-electron chi connectivity index (χ0n) is 10.4. The Labute approximate surface area is 106 Å². The first kappa shape index (κ1) is 12.2. The fourth-order valence-corrected chi connectivity index (χ4v) is 2.71. The highest BCUT2D eigenvalue weighted by atomic mass is 32.1. The quantitative estimate of drug-likeness (QED) is 0.907. The van der Waals surface area contributed by atoms with Gasteiger partial charge in [-0.15, -0.1) is 5.10 Å². The van der Waals surface area contributed by atoms with Crippen LogP contribution in [0.3, 0.4) is 0 Å². The molecule has 1 heterocycles. The van der Waals surface area contributed by atoms with Gasteiger partial charge < -0.3 is 5.73 Å². The molecule has 0 aliphatic heterocycles. The van der Waals surface area contributed by atoms with Crippen molar-refractivity contribution >= 4 is 11.5 Å². The van der Waals surface area contributed by atoms with Crippen LogP contribution < -0.4 is 5.73 Å². The van der Waals surface area contributed by atoms with Gasteiger partial charge in [0.2, 0.25) is 0 Å². The first-order valence-corrected chi connectivity index (χ1v) is 6.51. The van der Waals surface area contributed by atoms with Crippen molar-refractivity contribution < 1.29 is 0 Å². The van der Waals surface area contributed by atoms with Crippen molar-refractivity contribution in [3.8, 4) is 0 Å². The minimum absolute atomic E-state index is 0.0612. The Kier molecular flexibility index (Phi) is 3.54. The molecule has 2 rings (SSSR count). The Morgan fingerprint density at radius 3 is 2.41 bits per heavy atom. The fraction of sp³-hybridized carbons (Fsp3) is 0.385. The Morgan fingerprint density at radius 1 is 1.24 bits per heavy atom. The molecule has 1 aromatic carbocycles. The monoisotopic (exact) mass is 247 g/mol. The normalized spacial score (nSPS) is 12.7. The molecule has 1 unspecified atom stereocenters. The van der Waals surface area contributed by atoms with E-state index in [1.54, 1.807) is 0 Å². The summed E-state index contributed by atoms with van der Waals surface area (Å²) in [5.41, 5.74) is 12.3. The van der Waals surface area contributed by atoms with Gasteiger partial charge >= 0.3 is 0 Å². The highest BCUT2D eigenvalue weighted by Gasteiger charge is 2.13. The second-order valence-electron chi connectivity index (χ2n) is 4.52. The summed E-state index contributed by atoms with van der Waals surface area (Å²) >= 11 is 1.35. The van der Waals surface area contributed by atoms with Crippen molar-refractivity contribution in [2.45, 2.75) is 33.2 Å². The largest absolute Gasteiger partial charge is 0.322 e. The predicted octanol–water partition coefficient (Wildman–Crippen LogP) is 2.71. The SMILES string of the molecule is Cc1cc(C)c(CC(N)c2csnn2)c(C)c1. The third-order valence-corrected chi connectivity index (χ3v) is 3.54. The molecule has 0 bridgehead atoms. The van der Waals surface area contributed by atoms with E-state index in [0.29, 0.717) is 0 Å². The van der Waals surface area contributed by atoms with Gasteiger partial charge in [0.25, 0.3) is 0 Å². The average Bonchev–Trinajstić information content (AvgIpc) is 2.76. The maximum absolute atomic E-state index is 6.15. The molecule has 0 saturated carbocycles. The van der Waals surface area contributed by atoms with Crippen LogP contribution in [0.4, 0.5) is 0 Å². The van der Waals surface area contributed by atoms with E-state index in [4.69, 9.17) is 5.73 Å². The number of benzene rings is 1. The molecular weight excluding hydrogens is 230 g/mol. The van der Waals surface area contributed by atoms with Crippen molar-refractivity contribution in [2.24, 2.45) is 5.73 Å². The summed E-state index contributed by atoms with van der Waals surface area (Å²) in [5, 5.41) is 5.95. The Balaban J connectivity index is 2.25. The lowest BCUT2D eigenvalue weighted by molar-refractivity contribution is 0.687. The van der Waals surface area contributed by atoms with Crippen LogP contribution in [0, 0.1) is 20.8 Å². The van der Waals surface area contributed by atoms with Gasteiger partial charge in [-0.2, -0.15) is 0 Å². The maximum Gasteiger partial charge on any atom is 0.0925 e. The molecule has 17 heavy (non-hydrogen) atoms. The number of aryl methyl sites for hydroxylation is 3. The van der Waals surface area contributed by atoms with Gasteiger partial charge in [0.1, 0.15) is 0 Å². The molecule has 0 amide bonds. The van der Waals surface area contributed by atoms with Crippen molar-refractivity contribution in [3.63, 3.8) is 0 Å². The topological polar surface area (TPSA) is 51.8 Å². The lowest BCUT2D eigenvalue weighted by Crippen LogP contribution is -2.15. The van der Waals surface area contributed by atoms with E-state index in [9.17, 15) is 0 Å². The molecule has 2 N–H and O–H groups in total. The molecule has 1 aromatic heterocycles. The lowest BCUT2D eigenvalue weighted by Gasteiger charge is -2.14. The Hall–Kier alpha value is -1.26. The van der Waals surface area contributed by atoms with Crippen molar-refractivity contribution in [1.29, 1.82) is 0 Å². The number of hydrogen-bond donors (Lipinski definition) is 1. The van der Waals surface area contributed by atoms with Crippen molar-refractivity contribution in [1.82, 2.24) is 9.59 Å². The molecule has 90 valence electrons. The third kappa shape index (κ3) is 2.70. The van der Waals surface area contributed by atoms with Gasteiger partial charge in [-0.05, 0) is 55.4 Å². The fourth-order valence-electron chi connectivity index (χ4n) is 2.19. The van der Waals surface area contributed by atoms with Crippen molar-refractivity contribution in [2.75, 3.05) is 0 Å². The molecule has 3 nitrogen and oxygen atoms in total. The predicted molar refractivity (Wildman–Crippen MR) is 71.2 cm³/mol. The minimum atomic E-state index is -0.0612. The van der Waals surface area contributed by atoms with Gasteiger partial charge in [-0.3, -0.25) is 0 Å². The molecule has 0 aliphatic rings. The molecule has 0 fully saturated rings. The smallest absolute Gasteiger partial charge is 0.0925 e. The maximum atomic E-state index is 6.15. The van der Waals surface area contributed by atoms with Gasteiger partial charge in [-0.1, -0.05) is 22.2 Å². The second kappa shape index (κ2) is 4.94. The molecule has 0 spiro atoms. The van der Waals surface area contributed by atoms with E-state index in [-0.39, 0.29) is 6.04 Å². The number of aromatic nitrogens is 2. The summed E-state index contributed by atoms with van der Waals surface area (Å²) in [4.78, 5) is 0. The van der Waals surface area contributed by atoms with E-state index in [1.807, 2.05) is 5.38 Å². The molecule has 0 radical (unpaired) electrons. The number of rotatable bonds is 3. The van der Waals surface area contributed by atoms with E-state index < -0.39 is 0 Å². The zero-order valence-corrected chi connectivity index (χ0v) is 11.2. The molecular formula is C13H17N3S. The van der Waals surface area contributed by atoms with Crippen LogP contribution >= 0.6 is 11.5 Å². The van der Waals surface area contributed by atoms with Crippen molar-refractivity contribution in [3.05, 3.63) is 45.5 Å².